The van der Waals surface area contributed by atoms with Crippen molar-refractivity contribution in [2.75, 3.05) is 6.61 Å². The molecule has 1 unspecified atom stereocenters. The number of aliphatic hydroxyl groups excluding tert-OH is 3. The molecule has 0 amide bonds. The Bertz CT molecular complexity index is 1810. The third kappa shape index (κ3) is 4.39. The predicted molar refractivity (Wildman–Crippen MR) is 137 cm³/mol. The maximum Gasteiger partial charge on any atom is 0.347 e. The smallest absolute Gasteiger partial charge is 0.347 e. The van der Waals surface area contributed by atoms with Crippen molar-refractivity contribution in [3.63, 3.8) is 0 Å². The summed E-state index contributed by atoms with van der Waals surface area (Å²) >= 11 is 0. The second kappa shape index (κ2) is 10.2. The highest BCUT2D eigenvalue weighted by atomic mass is 16.7. The van der Waals surface area contributed by atoms with Crippen LogP contribution >= 0.6 is 0 Å². The number of carbonyl (C=O) groups is 3. The summed E-state index contributed by atoms with van der Waals surface area (Å²) in [6.45, 7) is -0.873. The number of aromatic hydroxyl groups is 7. The fraction of sp³-hybridized carbons (Fsp3) is 0.222. The van der Waals surface area contributed by atoms with Crippen molar-refractivity contribution in [3.8, 4) is 68.6 Å². The third-order valence-corrected chi connectivity index (χ3v) is 7.27. The monoisotopic (exact) mass is 632 g/mol. The van der Waals surface area contributed by atoms with E-state index in [1.165, 1.54) is 0 Å². The zero-order valence-electron chi connectivity index (χ0n) is 22.1. The molecule has 3 aliphatic rings. The number of phenolic OH excluding ortho intramolecular Hbond substituents is 7. The normalized spacial score (nSPS) is 24.1. The van der Waals surface area contributed by atoms with Gasteiger partial charge in [0.1, 0.15) is 30.5 Å². The number of ether oxygens (including phenoxy) is 5. The number of fused-ring (bicyclic) bond motifs is 7. The Hall–Kier alpha value is -5.69. The quantitative estimate of drug-likeness (QED) is 0.0868. The van der Waals surface area contributed by atoms with Gasteiger partial charge in [-0.3, -0.25) is 0 Å². The maximum atomic E-state index is 13.6. The van der Waals surface area contributed by atoms with E-state index in [9.17, 15) is 65.4 Å². The van der Waals surface area contributed by atoms with Crippen molar-refractivity contribution in [2.45, 2.75) is 30.7 Å². The molecule has 0 spiro atoms. The van der Waals surface area contributed by atoms with Crippen LogP contribution in [0, 0.1) is 0 Å². The molecule has 5 atom stereocenters. The molecule has 0 saturated carbocycles. The number of aliphatic hydroxyl groups is 3. The van der Waals surface area contributed by atoms with E-state index in [-0.39, 0.29) is 0 Å². The lowest BCUT2D eigenvalue weighted by atomic mass is 9.91. The topological polar surface area (TPSA) is 300 Å². The molecular weight excluding hydrogens is 612 g/mol. The van der Waals surface area contributed by atoms with Crippen molar-refractivity contribution in [1.29, 1.82) is 0 Å². The summed E-state index contributed by atoms with van der Waals surface area (Å²) < 4.78 is 26.5. The number of cyclic esters (lactones) is 1. The van der Waals surface area contributed by atoms with Gasteiger partial charge in [0.05, 0.1) is 11.1 Å². The van der Waals surface area contributed by atoms with Gasteiger partial charge in [-0.1, -0.05) is 0 Å². The highest BCUT2D eigenvalue weighted by Crippen LogP contribution is 2.57. The Morgan fingerprint density at radius 2 is 1.18 bits per heavy atom. The van der Waals surface area contributed by atoms with Gasteiger partial charge in [0, 0.05) is 17.2 Å². The van der Waals surface area contributed by atoms with Gasteiger partial charge in [0.15, 0.2) is 46.9 Å². The van der Waals surface area contributed by atoms with Crippen molar-refractivity contribution in [3.05, 3.63) is 34.9 Å². The molecule has 1 saturated heterocycles. The van der Waals surface area contributed by atoms with E-state index >= 15 is 0 Å². The molecule has 0 aliphatic carbocycles. The number of rotatable bonds is 0. The fourth-order valence-corrected chi connectivity index (χ4v) is 5.04. The molecule has 45 heavy (non-hydrogen) atoms. The van der Waals surface area contributed by atoms with Crippen molar-refractivity contribution < 1.29 is 89.1 Å². The van der Waals surface area contributed by atoms with E-state index < -0.39 is 141 Å². The van der Waals surface area contributed by atoms with Crippen LogP contribution in [0.25, 0.3) is 11.1 Å². The Labute approximate surface area is 248 Å². The van der Waals surface area contributed by atoms with Crippen LogP contribution in [0.5, 0.6) is 57.5 Å². The van der Waals surface area contributed by atoms with Crippen molar-refractivity contribution in [2.24, 2.45) is 0 Å². The summed E-state index contributed by atoms with van der Waals surface area (Å²) in [4.78, 5) is 40.3. The minimum Gasteiger partial charge on any atom is -0.504 e. The van der Waals surface area contributed by atoms with Gasteiger partial charge in [-0.15, -0.1) is 0 Å². The summed E-state index contributed by atoms with van der Waals surface area (Å²) in [5, 5.41) is 104. The van der Waals surface area contributed by atoms with Crippen LogP contribution in [0.2, 0.25) is 0 Å². The molecule has 1 fully saturated rings. The Morgan fingerprint density at radius 3 is 1.87 bits per heavy atom. The van der Waals surface area contributed by atoms with Gasteiger partial charge in [-0.25, -0.2) is 14.4 Å². The Balaban J connectivity index is 1.65. The summed E-state index contributed by atoms with van der Waals surface area (Å²) in [6.07, 6.45) is -9.54. The first kappa shape index (κ1) is 29.4. The summed E-state index contributed by atoms with van der Waals surface area (Å²) in [6, 6.07) is 1.84. The molecule has 236 valence electrons. The lowest BCUT2D eigenvalue weighted by Crippen LogP contribution is -2.60. The fourth-order valence-electron chi connectivity index (χ4n) is 5.04. The number of phenols is 7. The first-order chi connectivity index (χ1) is 21.2. The maximum absolute atomic E-state index is 13.6. The second-order valence-electron chi connectivity index (χ2n) is 9.97. The van der Waals surface area contributed by atoms with Crippen LogP contribution in [0.4, 0.5) is 0 Å². The summed E-state index contributed by atoms with van der Waals surface area (Å²) in [5.41, 5.74) is -4.05. The summed E-state index contributed by atoms with van der Waals surface area (Å²) in [7, 11) is 0. The molecule has 0 bridgehead atoms. The largest absolute Gasteiger partial charge is 0.504 e. The highest BCUT2D eigenvalue weighted by molar-refractivity contribution is 6.10. The van der Waals surface area contributed by atoms with E-state index in [2.05, 4.69) is 0 Å². The summed E-state index contributed by atoms with van der Waals surface area (Å²) in [5.74, 6) is -15.0. The molecule has 3 aromatic rings. The predicted octanol–water partition coefficient (Wildman–Crippen LogP) is -0.248. The van der Waals surface area contributed by atoms with Gasteiger partial charge in [0.2, 0.25) is 23.0 Å². The first-order valence-corrected chi connectivity index (χ1v) is 12.6. The van der Waals surface area contributed by atoms with Crippen LogP contribution in [-0.4, -0.2) is 106 Å². The van der Waals surface area contributed by atoms with Crippen LogP contribution in [-0.2, 0) is 14.2 Å². The van der Waals surface area contributed by atoms with Crippen LogP contribution in [0.3, 0.4) is 0 Å². The number of hydrogen-bond donors (Lipinski definition) is 10. The molecular formula is C27H20O18. The molecule has 0 radical (unpaired) electrons. The number of carbonyl (C=O) groups excluding carboxylic acids is 3. The molecule has 3 aliphatic heterocycles. The molecule has 18 nitrogen and oxygen atoms in total. The molecule has 3 aromatic carbocycles. The first-order valence-electron chi connectivity index (χ1n) is 12.6. The van der Waals surface area contributed by atoms with Gasteiger partial charge in [-0.2, -0.15) is 0 Å². The van der Waals surface area contributed by atoms with E-state index in [1.54, 1.807) is 0 Å². The number of hydrogen-bond acceptors (Lipinski definition) is 18. The highest BCUT2D eigenvalue weighted by Gasteiger charge is 2.48. The van der Waals surface area contributed by atoms with E-state index in [1.807, 2.05) is 0 Å². The van der Waals surface area contributed by atoms with E-state index in [0.29, 0.717) is 18.2 Å². The van der Waals surface area contributed by atoms with E-state index in [0.717, 1.165) is 0 Å². The third-order valence-electron chi connectivity index (χ3n) is 7.27. The lowest BCUT2D eigenvalue weighted by Gasteiger charge is -2.39. The van der Waals surface area contributed by atoms with Gasteiger partial charge in [-0.05, 0) is 12.1 Å². The van der Waals surface area contributed by atoms with Crippen molar-refractivity contribution >= 4 is 17.9 Å². The van der Waals surface area contributed by atoms with Crippen LogP contribution in [0.15, 0.2) is 18.2 Å². The van der Waals surface area contributed by atoms with Gasteiger partial charge < -0.3 is 74.7 Å². The Morgan fingerprint density at radius 1 is 0.578 bits per heavy atom. The second-order valence-corrected chi connectivity index (χ2v) is 9.97. The average Bonchev–Trinajstić information content (AvgIpc) is 3.15. The Kier molecular flexibility index (Phi) is 6.66. The zero-order chi connectivity index (χ0) is 32.6. The SMILES string of the molecule is O=C1Oc2c(c(O)cc3c2-c2c(cc(O)c(O)c2O)C(=O)O[C@H]2[C@H](O)[C@@H](O)C(O)O[C@@H]2COC3=O)Oc2c1cc(O)c(O)c2O. The van der Waals surface area contributed by atoms with Gasteiger partial charge in [0.25, 0.3) is 0 Å². The van der Waals surface area contributed by atoms with Gasteiger partial charge >= 0.3 is 17.9 Å². The minimum absolute atomic E-state index is 0.561. The number of benzene rings is 3. The zero-order valence-corrected chi connectivity index (χ0v) is 22.1. The van der Waals surface area contributed by atoms with Crippen LogP contribution < -0.4 is 9.47 Å². The van der Waals surface area contributed by atoms with Crippen LogP contribution in [0.1, 0.15) is 31.1 Å². The number of esters is 3. The average molecular weight is 632 g/mol. The van der Waals surface area contributed by atoms with Crippen molar-refractivity contribution in [1.82, 2.24) is 0 Å². The standard InChI is InChI=1S/C27H20O18/c28-8-1-5-12(16(33)14(8)31)13-6(24(37)41-4-11-22(44-25(5)38)18(35)19(36)27(40)42-11)2-10(30)21-23(13)45-26(39)7-3-9(29)15(32)17(34)20(7)43-21/h1-3,11,18-19,22,27-36,40H,4H2/t11-,18-,19-,22-,27?/m1/s1. The molecule has 0 aromatic heterocycles. The molecule has 6 rings (SSSR count). The van der Waals surface area contributed by atoms with E-state index in [4.69, 9.17) is 23.7 Å². The minimum atomic E-state index is -2.03. The molecule has 3 heterocycles. The molecule has 10 N–H and O–H groups in total. The lowest BCUT2D eigenvalue weighted by molar-refractivity contribution is -0.285. The molecule has 18 heteroatoms.